The van der Waals surface area contributed by atoms with Gasteiger partial charge >= 0.3 is 0 Å². The number of aromatic hydroxyl groups is 1. The maximum absolute atomic E-state index is 9.89. The van der Waals surface area contributed by atoms with Crippen molar-refractivity contribution in [1.82, 2.24) is 9.78 Å². The molecule has 0 radical (unpaired) electrons. The fraction of sp³-hybridized carbons (Fsp3) is 0.200. The summed E-state index contributed by atoms with van der Waals surface area (Å²) in [6.45, 7) is 4.01. The number of aromatic nitrogens is 2. The highest BCUT2D eigenvalue weighted by atomic mass is 32.2. The van der Waals surface area contributed by atoms with Crippen molar-refractivity contribution in [2.45, 2.75) is 19.1 Å². The lowest BCUT2D eigenvalue weighted by Gasteiger charge is -2.22. The van der Waals surface area contributed by atoms with Crippen LogP contribution >= 0.6 is 11.8 Å². The first-order chi connectivity index (χ1) is 12.6. The fourth-order valence-corrected chi connectivity index (χ4v) is 4.33. The van der Waals surface area contributed by atoms with Crippen molar-refractivity contribution >= 4 is 22.6 Å². The van der Waals surface area contributed by atoms with Crippen LogP contribution < -0.4 is 4.74 Å². The third kappa shape index (κ3) is 2.86. The van der Waals surface area contributed by atoms with Gasteiger partial charge in [0.2, 0.25) is 0 Å². The Morgan fingerprint density at radius 2 is 1.88 bits per heavy atom. The zero-order valence-electron chi connectivity index (χ0n) is 14.8. The second-order valence-electron chi connectivity index (χ2n) is 6.16. The summed E-state index contributed by atoms with van der Waals surface area (Å²) in [5.41, 5.74) is 4.01. The zero-order valence-corrected chi connectivity index (χ0v) is 15.6. The quantitative estimate of drug-likeness (QED) is 0.725. The second kappa shape index (κ2) is 6.53. The molecule has 0 saturated heterocycles. The van der Waals surface area contributed by atoms with E-state index >= 15 is 0 Å². The van der Waals surface area contributed by atoms with E-state index in [1.54, 1.807) is 24.9 Å². The number of fused-ring (bicyclic) bond motifs is 1. The van der Waals surface area contributed by atoms with Crippen LogP contribution in [-0.4, -0.2) is 27.0 Å². The van der Waals surface area contributed by atoms with Crippen LogP contribution in [0.5, 0.6) is 11.5 Å². The van der Waals surface area contributed by atoms with Gasteiger partial charge in [0.15, 0.2) is 5.82 Å². The van der Waals surface area contributed by atoms with E-state index in [1.165, 1.54) is 0 Å². The van der Waals surface area contributed by atoms with Gasteiger partial charge in [0.1, 0.15) is 11.5 Å². The lowest BCUT2D eigenvalue weighted by molar-refractivity contribution is 0.414. The van der Waals surface area contributed by atoms with Crippen molar-refractivity contribution in [3.8, 4) is 17.2 Å². The molecule has 5 nitrogen and oxygen atoms in total. The zero-order chi connectivity index (χ0) is 18.3. The first-order valence-corrected chi connectivity index (χ1v) is 9.19. The molecule has 1 aliphatic rings. The summed E-state index contributed by atoms with van der Waals surface area (Å²) in [5, 5.41) is 15.7. The molecule has 0 aliphatic carbocycles. The number of phenolic OH excluding ortho intramolecular Hbond substituents is 1. The summed E-state index contributed by atoms with van der Waals surface area (Å²) < 4.78 is 7.12. The molecule has 0 amide bonds. The summed E-state index contributed by atoms with van der Waals surface area (Å²) in [6, 6.07) is 15.2. The molecule has 0 bridgehead atoms. The third-order valence-electron chi connectivity index (χ3n) is 4.39. The van der Waals surface area contributed by atoms with E-state index < -0.39 is 0 Å². The van der Waals surface area contributed by atoms with Crippen LogP contribution in [-0.2, 0) is 0 Å². The van der Waals surface area contributed by atoms with Crippen LogP contribution in [0.15, 0.2) is 53.5 Å². The van der Waals surface area contributed by atoms with Gasteiger partial charge < -0.3 is 9.84 Å². The molecule has 1 unspecified atom stereocenters. The molecule has 3 aromatic rings. The van der Waals surface area contributed by atoms with Gasteiger partial charge in [-0.05, 0) is 55.8 Å². The SMILES string of the molecule is COc1ccc(-n2nc(C)c3c2N=C(C)SC3c2cccc(O)c2)cc1. The van der Waals surface area contributed by atoms with E-state index in [2.05, 4.69) is 0 Å². The van der Waals surface area contributed by atoms with Gasteiger partial charge in [0, 0.05) is 5.56 Å². The molecule has 0 spiro atoms. The number of rotatable bonds is 3. The fourth-order valence-electron chi connectivity index (χ4n) is 3.17. The van der Waals surface area contributed by atoms with Crippen LogP contribution in [0.25, 0.3) is 5.69 Å². The Morgan fingerprint density at radius 1 is 1.12 bits per heavy atom. The molecule has 6 heteroatoms. The molecule has 1 aliphatic heterocycles. The first-order valence-electron chi connectivity index (χ1n) is 8.31. The number of nitrogens with zero attached hydrogens (tertiary/aromatic N) is 3. The molecule has 0 saturated carbocycles. The summed E-state index contributed by atoms with van der Waals surface area (Å²) in [7, 11) is 1.65. The van der Waals surface area contributed by atoms with E-state index in [9.17, 15) is 5.11 Å². The monoisotopic (exact) mass is 365 g/mol. The summed E-state index contributed by atoms with van der Waals surface area (Å²) >= 11 is 1.69. The van der Waals surface area contributed by atoms with Crippen molar-refractivity contribution in [2.75, 3.05) is 7.11 Å². The van der Waals surface area contributed by atoms with Crippen molar-refractivity contribution in [2.24, 2.45) is 4.99 Å². The van der Waals surface area contributed by atoms with Crippen LogP contribution in [0.1, 0.15) is 29.0 Å². The standard InChI is InChI=1S/C20H19N3O2S/c1-12-18-19(14-5-4-6-16(24)11-14)26-13(2)21-20(18)23(22-12)15-7-9-17(25-3)10-8-15/h4-11,19,24H,1-3H3. The normalized spacial score (nSPS) is 16.1. The molecular formula is C20H19N3O2S. The van der Waals surface area contributed by atoms with Gasteiger partial charge in [-0.25, -0.2) is 9.67 Å². The average molecular weight is 365 g/mol. The van der Waals surface area contributed by atoms with Crippen LogP contribution in [0.2, 0.25) is 0 Å². The third-order valence-corrected chi connectivity index (χ3v) is 5.56. The predicted molar refractivity (Wildman–Crippen MR) is 105 cm³/mol. The number of thioether (sulfide) groups is 1. The molecule has 0 fully saturated rings. The molecule has 132 valence electrons. The first kappa shape index (κ1) is 16.7. The minimum Gasteiger partial charge on any atom is -0.508 e. The summed E-state index contributed by atoms with van der Waals surface area (Å²) in [6.07, 6.45) is 0. The minimum atomic E-state index is 0.0570. The second-order valence-corrected chi connectivity index (χ2v) is 7.45. The van der Waals surface area contributed by atoms with Gasteiger partial charge in [0.25, 0.3) is 0 Å². The van der Waals surface area contributed by atoms with E-state index in [-0.39, 0.29) is 11.0 Å². The van der Waals surface area contributed by atoms with Crippen LogP contribution in [0.4, 0.5) is 5.82 Å². The van der Waals surface area contributed by atoms with E-state index in [0.29, 0.717) is 0 Å². The van der Waals surface area contributed by atoms with Gasteiger partial charge in [-0.1, -0.05) is 23.9 Å². The maximum Gasteiger partial charge on any atom is 0.161 e. The van der Waals surface area contributed by atoms with Gasteiger partial charge in [-0.15, -0.1) is 0 Å². The Bertz CT molecular complexity index is 993. The lowest BCUT2D eigenvalue weighted by Crippen LogP contribution is -2.06. The number of hydrogen-bond acceptors (Lipinski definition) is 5. The smallest absolute Gasteiger partial charge is 0.161 e. The van der Waals surface area contributed by atoms with Gasteiger partial charge in [-0.3, -0.25) is 0 Å². The topological polar surface area (TPSA) is 59.6 Å². The Balaban J connectivity index is 1.85. The highest BCUT2D eigenvalue weighted by Gasteiger charge is 2.30. The van der Waals surface area contributed by atoms with Crippen LogP contribution in [0.3, 0.4) is 0 Å². The van der Waals surface area contributed by atoms with Crippen LogP contribution in [0, 0.1) is 6.92 Å². The minimum absolute atomic E-state index is 0.0570. The van der Waals surface area contributed by atoms with E-state index in [0.717, 1.165) is 39.1 Å². The molecule has 2 aromatic carbocycles. The maximum atomic E-state index is 9.89. The highest BCUT2D eigenvalue weighted by molar-refractivity contribution is 8.14. The average Bonchev–Trinajstić information content (AvgIpc) is 2.97. The number of aryl methyl sites for hydroxylation is 1. The number of ether oxygens (including phenoxy) is 1. The Hall–Kier alpha value is -2.73. The lowest BCUT2D eigenvalue weighted by atomic mass is 10.0. The Labute approximate surface area is 156 Å². The van der Waals surface area contributed by atoms with E-state index in [4.69, 9.17) is 14.8 Å². The largest absolute Gasteiger partial charge is 0.508 e. The Kier molecular flexibility index (Phi) is 4.20. The molecular weight excluding hydrogens is 346 g/mol. The predicted octanol–water partition coefficient (Wildman–Crippen LogP) is 4.78. The van der Waals surface area contributed by atoms with Crippen molar-refractivity contribution < 1.29 is 9.84 Å². The molecule has 1 aromatic heterocycles. The number of hydrogen-bond donors (Lipinski definition) is 1. The van der Waals surface area contributed by atoms with E-state index in [1.807, 2.05) is 61.0 Å². The van der Waals surface area contributed by atoms with Crippen molar-refractivity contribution in [3.05, 3.63) is 65.4 Å². The van der Waals surface area contributed by atoms with Gasteiger partial charge in [0.05, 0.1) is 28.8 Å². The molecule has 1 atom stereocenters. The summed E-state index contributed by atoms with van der Waals surface area (Å²) in [5.74, 6) is 1.92. The number of phenols is 1. The molecule has 4 rings (SSSR count). The highest BCUT2D eigenvalue weighted by Crippen LogP contribution is 2.47. The Morgan fingerprint density at radius 3 is 2.58 bits per heavy atom. The molecule has 1 N–H and O–H groups in total. The van der Waals surface area contributed by atoms with Crippen molar-refractivity contribution in [1.29, 1.82) is 0 Å². The summed E-state index contributed by atoms with van der Waals surface area (Å²) in [4.78, 5) is 4.77. The molecule has 2 heterocycles. The number of benzene rings is 2. The number of aliphatic imine (C=N–C) groups is 1. The molecule has 26 heavy (non-hydrogen) atoms. The van der Waals surface area contributed by atoms with Gasteiger partial charge in [-0.2, -0.15) is 5.10 Å². The van der Waals surface area contributed by atoms with Crippen molar-refractivity contribution in [3.63, 3.8) is 0 Å². The number of methoxy groups -OCH3 is 1.